The van der Waals surface area contributed by atoms with Gasteiger partial charge in [0, 0.05) is 74.6 Å². The number of esters is 1. The number of ether oxygens (including phenoxy) is 5. The van der Waals surface area contributed by atoms with E-state index in [4.69, 9.17) is 23.7 Å². The lowest BCUT2D eigenvalue weighted by Gasteiger charge is -2.46. The van der Waals surface area contributed by atoms with Crippen LogP contribution < -0.4 is 0 Å². The van der Waals surface area contributed by atoms with E-state index in [9.17, 15) is 19.2 Å². The number of methoxy groups -OCH3 is 1. The van der Waals surface area contributed by atoms with E-state index in [1.807, 2.05) is 29.8 Å². The number of carbonyl (C=O) groups excluding carboxylic acids is 4. The van der Waals surface area contributed by atoms with Crippen LogP contribution in [0.15, 0.2) is 37.1 Å². The lowest BCUT2D eigenvalue weighted by Crippen LogP contribution is -2.60. The Morgan fingerprint density at radius 2 is 1.72 bits per heavy atom. The van der Waals surface area contributed by atoms with Gasteiger partial charge in [0.2, 0.25) is 0 Å². The third-order valence-corrected chi connectivity index (χ3v) is 13.5. The molecule has 12 atom stereocenters. The summed E-state index contributed by atoms with van der Waals surface area (Å²) in [5.74, 6) is -5.35. The standard InChI is InChI=1S/C46H70FN5O9/c1-12-14-20-50(10)34-23-30(4)58-37(24-34)60-41-32(6)40(54)45(8,47)42(55)59-36(13-2)46(9)39(31(5)38(53)29(3)25-44(41,7)57-11)52(43(56)61-46)22-16-15-21-51-27-35(49-28-51)33-18-17-19-48-26-33/h17-19,26-32,34,36-37,39,41H,12-16,20-25H2,1-11H3/t29-,30-,31+,32+,34+,36-,37+,39-,41-,44-,45+,46-/m1/s1. The second kappa shape index (κ2) is 20.2. The van der Waals surface area contributed by atoms with E-state index >= 15 is 4.39 Å². The molecule has 2 aromatic rings. The van der Waals surface area contributed by atoms with Crippen LogP contribution in [0.3, 0.4) is 0 Å². The number of unbranched alkanes of at least 4 members (excludes halogenated alkanes) is 2. The first kappa shape index (κ1) is 48.2. The van der Waals surface area contributed by atoms with Crippen molar-refractivity contribution >= 4 is 23.6 Å². The molecule has 3 aliphatic rings. The zero-order valence-corrected chi connectivity index (χ0v) is 38.2. The average molecular weight is 856 g/mol. The molecule has 5 rings (SSSR count). The fourth-order valence-corrected chi connectivity index (χ4v) is 9.91. The molecule has 0 radical (unpaired) electrons. The molecule has 61 heavy (non-hydrogen) atoms. The highest BCUT2D eigenvalue weighted by atomic mass is 19.1. The molecule has 340 valence electrons. The Morgan fingerprint density at radius 1 is 1.00 bits per heavy atom. The van der Waals surface area contributed by atoms with Gasteiger partial charge in [-0.1, -0.05) is 41.0 Å². The lowest BCUT2D eigenvalue weighted by molar-refractivity contribution is -0.263. The maximum Gasteiger partial charge on any atom is 0.410 e. The van der Waals surface area contributed by atoms with Gasteiger partial charge in [0.25, 0.3) is 5.67 Å². The zero-order chi connectivity index (χ0) is 44.9. The van der Waals surface area contributed by atoms with Gasteiger partial charge in [0.1, 0.15) is 11.9 Å². The summed E-state index contributed by atoms with van der Waals surface area (Å²) in [7, 11) is 3.56. The number of cyclic esters (lactones) is 1. The van der Waals surface area contributed by atoms with Crippen molar-refractivity contribution in [2.45, 2.75) is 174 Å². The number of pyridine rings is 1. The Labute approximate surface area is 361 Å². The van der Waals surface area contributed by atoms with Gasteiger partial charge in [-0.2, -0.15) is 0 Å². The maximum absolute atomic E-state index is 17.0. The first-order valence-electron chi connectivity index (χ1n) is 22.3. The third-order valence-electron chi connectivity index (χ3n) is 13.5. The molecular weight excluding hydrogens is 786 g/mol. The van der Waals surface area contributed by atoms with E-state index in [0.717, 1.165) is 44.0 Å². The fraction of sp³-hybridized carbons (Fsp3) is 0.739. The molecule has 0 spiro atoms. The molecule has 0 aliphatic carbocycles. The number of hydrogen-bond donors (Lipinski definition) is 0. The molecule has 5 heterocycles. The number of nitrogens with zero attached hydrogens (tertiary/aromatic N) is 5. The van der Waals surface area contributed by atoms with Crippen LogP contribution in [-0.2, 0) is 44.6 Å². The summed E-state index contributed by atoms with van der Waals surface area (Å²) < 4.78 is 50.2. The van der Waals surface area contributed by atoms with Gasteiger partial charge in [-0.3, -0.25) is 14.6 Å². The number of aromatic nitrogens is 3. The summed E-state index contributed by atoms with van der Waals surface area (Å²) in [5, 5.41) is 0. The largest absolute Gasteiger partial charge is 0.455 e. The van der Waals surface area contributed by atoms with Crippen LogP contribution in [0, 0.1) is 17.8 Å². The summed E-state index contributed by atoms with van der Waals surface area (Å²) in [5.41, 5.74) is -4.29. The molecule has 14 nitrogen and oxygen atoms in total. The Balaban J connectivity index is 1.44. The summed E-state index contributed by atoms with van der Waals surface area (Å²) in [6.07, 6.45) is 8.07. The number of amides is 1. The number of fused-ring (bicyclic) bond motifs is 1. The first-order chi connectivity index (χ1) is 28.8. The normalized spacial score (nSPS) is 35.5. The van der Waals surface area contributed by atoms with E-state index in [-0.39, 0.29) is 37.3 Å². The van der Waals surface area contributed by atoms with Crippen molar-refractivity contribution in [2.75, 3.05) is 27.2 Å². The Morgan fingerprint density at radius 3 is 2.38 bits per heavy atom. The molecule has 0 aromatic carbocycles. The maximum atomic E-state index is 17.0. The molecule has 3 fully saturated rings. The van der Waals surface area contributed by atoms with Crippen LogP contribution >= 0.6 is 0 Å². The molecule has 0 N–H and O–H groups in total. The predicted octanol–water partition coefficient (Wildman–Crippen LogP) is 7.22. The Hall–Kier alpha value is -3.79. The number of Topliss-reactive ketones (excluding diaryl/α,β-unsaturated/α-hetero) is 2. The predicted molar refractivity (Wildman–Crippen MR) is 227 cm³/mol. The molecule has 1 amide bonds. The van der Waals surface area contributed by atoms with Crippen molar-refractivity contribution in [2.24, 2.45) is 17.8 Å². The topological polar surface area (TPSA) is 152 Å². The molecule has 15 heteroatoms. The quantitative estimate of drug-likeness (QED) is 0.107. The van der Waals surface area contributed by atoms with Gasteiger partial charge in [0.05, 0.1) is 35.9 Å². The van der Waals surface area contributed by atoms with Crippen LogP contribution in [0.4, 0.5) is 9.18 Å². The van der Waals surface area contributed by atoms with E-state index in [0.29, 0.717) is 25.8 Å². The van der Waals surface area contributed by atoms with E-state index in [1.54, 1.807) is 58.2 Å². The SMILES string of the molecule is CCCCN(C)[C@@H]1C[C@H](O[C@@H]2[C@@H](C)C(=O)[C@](C)(F)C(=O)O[C@H](CC)[C@@]3(C)OC(=O)N(CCCCn4cnc(-c5cccnc5)c4)[C@@H]3[C@@H](C)C(=O)[C@H](C)C[C@@]2(C)OC)O[C@H](C)C1. The van der Waals surface area contributed by atoms with Crippen LogP contribution in [0.1, 0.15) is 114 Å². The monoisotopic (exact) mass is 856 g/mol. The Bertz CT molecular complexity index is 1810. The molecule has 0 saturated carbocycles. The van der Waals surface area contributed by atoms with E-state index in [2.05, 4.69) is 28.8 Å². The molecule has 2 aromatic heterocycles. The molecular formula is C46H70FN5O9. The van der Waals surface area contributed by atoms with Crippen molar-refractivity contribution in [1.29, 1.82) is 0 Å². The van der Waals surface area contributed by atoms with Gasteiger partial charge in [-0.15, -0.1) is 0 Å². The number of alkyl halides is 1. The van der Waals surface area contributed by atoms with Crippen LogP contribution in [0.2, 0.25) is 0 Å². The number of aryl methyl sites for hydroxylation is 1. The molecule has 0 unspecified atom stereocenters. The molecule has 3 aliphatic heterocycles. The molecule has 0 bridgehead atoms. The summed E-state index contributed by atoms with van der Waals surface area (Å²) in [4.78, 5) is 69.5. The number of halogens is 1. The van der Waals surface area contributed by atoms with E-state index < -0.39 is 77.0 Å². The third kappa shape index (κ3) is 10.5. The number of ketones is 2. The second-order valence-corrected chi connectivity index (χ2v) is 18.3. The number of imidazole rings is 1. The van der Waals surface area contributed by atoms with Crippen molar-refractivity contribution in [3.05, 3.63) is 37.1 Å². The highest BCUT2D eigenvalue weighted by molar-refractivity contribution is 6.08. The first-order valence-corrected chi connectivity index (χ1v) is 22.3. The summed E-state index contributed by atoms with van der Waals surface area (Å²) >= 11 is 0. The van der Waals surface area contributed by atoms with Crippen molar-refractivity contribution in [3.63, 3.8) is 0 Å². The van der Waals surface area contributed by atoms with Gasteiger partial charge >= 0.3 is 12.1 Å². The zero-order valence-electron chi connectivity index (χ0n) is 38.2. The van der Waals surface area contributed by atoms with Crippen LogP contribution in [0.25, 0.3) is 11.3 Å². The van der Waals surface area contributed by atoms with Gasteiger partial charge < -0.3 is 38.1 Å². The number of rotatable bonds is 14. The minimum Gasteiger partial charge on any atom is -0.455 e. The van der Waals surface area contributed by atoms with Crippen molar-refractivity contribution < 1.29 is 47.3 Å². The fourth-order valence-electron chi connectivity index (χ4n) is 9.91. The minimum atomic E-state index is -3.11. The Kier molecular flexibility index (Phi) is 15.9. The molecule has 3 saturated heterocycles. The highest BCUT2D eigenvalue weighted by Crippen LogP contribution is 2.44. The summed E-state index contributed by atoms with van der Waals surface area (Å²) in [6, 6.07) is 3.04. The van der Waals surface area contributed by atoms with Gasteiger partial charge in [-0.05, 0) is 91.9 Å². The van der Waals surface area contributed by atoms with Crippen LogP contribution in [-0.4, -0.2) is 129 Å². The van der Waals surface area contributed by atoms with Crippen molar-refractivity contribution in [3.8, 4) is 11.3 Å². The number of carbonyl (C=O) groups is 4. The average Bonchev–Trinajstić information content (AvgIpc) is 3.82. The number of hydrogen-bond acceptors (Lipinski definition) is 12. The van der Waals surface area contributed by atoms with E-state index in [1.165, 1.54) is 14.0 Å². The lowest BCUT2D eigenvalue weighted by atomic mass is 9.73. The smallest absolute Gasteiger partial charge is 0.410 e. The highest BCUT2D eigenvalue weighted by Gasteiger charge is 2.61. The minimum absolute atomic E-state index is 0.0892. The second-order valence-electron chi connectivity index (χ2n) is 18.3. The van der Waals surface area contributed by atoms with Crippen molar-refractivity contribution in [1.82, 2.24) is 24.3 Å². The van der Waals surface area contributed by atoms with Gasteiger partial charge in [-0.25, -0.2) is 19.0 Å². The van der Waals surface area contributed by atoms with Crippen LogP contribution in [0.5, 0.6) is 0 Å². The van der Waals surface area contributed by atoms with Gasteiger partial charge in [0.15, 0.2) is 17.7 Å². The summed E-state index contributed by atoms with van der Waals surface area (Å²) in [6.45, 7) is 17.0.